The number of aryl methyl sites for hydroxylation is 1. The summed E-state index contributed by atoms with van der Waals surface area (Å²) in [6, 6.07) is 2.03. The number of hydrogen-bond acceptors (Lipinski definition) is 2. The van der Waals surface area contributed by atoms with Gasteiger partial charge in [0, 0.05) is 0 Å². The van der Waals surface area contributed by atoms with Gasteiger partial charge in [0.05, 0.1) is 0 Å². The van der Waals surface area contributed by atoms with E-state index >= 15 is 0 Å². The molecule has 0 bridgehead atoms. The van der Waals surface area contributed by atoms with Crippen LogP contribution in [0.3, 0.4) is 0 Å². The molecule has 1 aromatic rings. The first-order valence-electron chi connectivity index (χ1n) is 5.57. The molecule has 0 aliphatic carbocycles. The van der Waals surface area contributed by atoms with Crippen LogP contribution in [0.4, 0.5) is 0 Å². The summed E-state index contributed by atoms with van der Waals surface area (Å²) in [6.45, 7) is 12.6. The number of nitrogens with zero attached hydrogens (tertiary/aromatic N) is 1. The van der Waals surface area contributed by atoms with Gasteiger partial charge in [0.15, 0.2) is 0 Å². The molecule has 1 heterocycles. The van der Waals surface area contributed by atoms with Crippen molar-refractivity contribution in [3.05, 3.63) is 23.5 Å². The van der Waals surface area contributed by atoms with Gasteiger partial charge in [-0.2, -0.15) is 0 Å². The molecular weight excluding hydrogens is 305 g/mol. The molecule has 1 rings (SSSR count). The van der Waals surface area contributed by atoms with Gasteiger partial charge in [-0.25, -0.2) is 0 Å². The Morgan fingerprint density at radius 3 is 2.12 bits per heavy atom. The van der Waals surface area contributed by atoms with Crippen molar-refractivity contribution >= 4 is 24.7 Å². The SMILES string of the molecule is Cc1cc(C(C)(C)O)nc[c]1[Sn][C](C)(C)C. The second kappa shape index (κ2) is 4.65. The van der Waals surface area contributed by atoms with E-state index in [9.17, 15) is 5.11 Å². The van der Waals surface area contributed by atoms with Crippen LogP contribution < -0.4 is 3.58 Å². The van der Waals surface area contributed by atoms with E-state index in [1.165, 1.54) is 9.14 Å². The molecule has 1 aromatic heterocycles. The zero-order valence-electron chi connectivity index (χ0n) is 11.0. The summed E-state index contributed by atoms with van der Waals surface area (Å²) in [5.74, 6) is 0. The molecule has 16 heavy (non-hydrogen) atoms. The van der Waals surface area contributed by atoms with Crippen LogP contribution in [-0.2, 0) is 5.60 Å². The summed E-state index contributed by atoms with van der Waals surface area (Å²) in [6.07, 6.45) is 1.97. The van der Waals surface area contributed by atoms with Crippen molar-refractivity contribution in [3.63, 3.8) is 0 Å². The third-order valence-electron chi connectivity index (χ3n) is 2.25. The molecule has 0 atom stereocenters. The zero-order chi connectivity index (χ0) is 12.6. The van der Waals surface area contributed by atoms with E-state index in [0.717, 1.165) is 5.69 Å². The predicted octanol–water partition coefficient (Wildman–Crippen LogP) is 2.17. The fraction of sp³-hybridized carbons (Fsp3) is 0.615. The first kappa shape index (κ1) is 14.0. The summed E-state index contributed by atoms with van der Waals surface area (Å²) >= 11 is -0.601. The third-order valence-corrected chi connectivity index (χ3v) is 6.65. The van der Waals surface area contributed by atoms with Crippen LogP contribution in [0.25, 0.3) is 0 Å². The Balaban J connectivity index is 3.01. The molecular formula is C13H21NOSn. The van der Waals surface area contributed by atoms with Crippen molar-refractivity contribution in [1.29, 1.82) is 0 Å². The molecule has 2 radical (unpaired) electrons. The molecule has 88 valence electrons. The van der Waals surface area contributed by atoms with Crippen LogP contribution >= 0.6 is 0 Å². The van der Waals surface area contributed by atoms with Crippen LogP contribution in [0.5, 0.6) is 0 Å². The van der Waals surface area contributed by atoms with Crippen LogP contribution in [0, 0.1) is 6.92 Å². The van der Waals surface area contributed by atoms with Gasteiger partial charge in [-0.3, -0.25) is 0 Å². The van der Waals surface area contributed by atoms with Gasteiger partial charge in [-0.15, -0.1) is 0 Å². The minimum absolute atomic E-state index is 0.437. The number of hydrogen-bond donors (Lipinski definition) is 1. The van der Waals surface area contributed by atoms with E-state index in [1.54, 1.807) is 13.8 Å². The summed E-state index contributed by atoms with van der Waals surface area (Å²) in [4.78, 5) is 4.39. The van der Waals surface area contributed by atoms with Crippen molar-refractivity contribution in [1.82, 2.24) is 4.98 Å². The second-order valence-corrected chi connectivity index (χ2v) is 12.4. The Labute approximate surface area is 109 Å². The first-order valence-corrected chi connectivity index (χ1v) is 8.43. The molecule has 0 spiro atoms. The van der Waals surface area contributed by atoms with Crippen LogP contribution in [-0.4, -0.2) is 31.2 Å². The summed E-state index contributed by atoms with van der Waals surface area (Å²) in [5.41, 5.74) is 1.21. The fourth-order valence-corrected chi connectivity index (χ4v) is 4.87. The Morgan fingerprint density at radius 1 is 1.19 bits per heavy atom. The third kappa shape index (κ3) is 4.05. The van der Waals surface area contributed by atoms with Crippen LogP contribution in [0.2, 0.25) is 3.43 Å². The maximum atomic E-state index is 9.89. The van der Waals surface area contributed by atoms with E-state index in [2.05, 4.69) is 32.7 Å². The molecule has 0 saturated heterocycles. The van der Waals surface area contributed by atoms with Crippen molar-refractivity contribution in [2.75, 3.05) is 0 Å². The van der Waals surface area contributed by atoms with Crippen molar-refractivity contribution in [3.8, 4) is 0 Å². The van der Waals surface area contributed by atoms with Gasteiger partial charge in [0.2, 0.25) is 0 Å². The Bertz CT molecular complexity index is 374. The van der Waals surface area contributed by atoms with Gasteiger partial charge in [0.1, 0.15) is 0 Å². The summed E-state index contributed by atoms with van der Waals surface area (Å²) < 4.78 is 1.87. The Kier molecular flexibility index (Phi) is 4.06. The minimum atomic E-state index is -0.837. The van der Waals surface area contributed by atoms with Gasteiger partial charge < -0.3 is 0 Å². The topological polar surface area (TPSA) is 33.1 Å². The average molecular weight is 326 g/mol. The van der Waals surface area contributed by atoms with Crippen molar-refractivity contribution in [2.45, 2.75) is 50.6 Å². The molecule has 0 aliphatic heterocycles. The summed E-state index contributed by atoms with van der Waals surface area (Å²) in [7, 11) is 0. The average Bonchev–Trinajstić information content (AvgIpc) is 2.04. The van der Waals surface area contributed by atoms with Gasteiger partial charge in [-0.1, -0.05) is 0 Å². The molecule has 0 fully saturated rings. The molecule has 0 aromatic carbocycles. The van der Waals surface area contributed by atoms with Gasteiger partial charge in [-0.05, 0) is 0 Å². The van der Waals surface area contributed by atoms with Crippen LogP contribution in [0.15, 0.2) is 12.3 Å². The van der Waals surface area contributed by atoms with Gasteiger partial charge in [0.25, 0.3) is 0 Å². The molecule has 0 amide bonds. The first-order chi connectivity index (χ1) is 7.09. The van der Waals surface area contributed by atoms with Crippen LogP contribution in [0.1, 0.15) is 45.9 Å². The zero-order valence-corrected chi connectivity index (χ0v) is 13.9. The van der Waals surface area contributed by atoms with E-state index in [0.29, 0.717) is 3.43 Å². The Hall–Kier alpha value is -0.0913. The maximum absolute atomic E-state index is 9.89. The molecule has 3 heteroatoms. The number of rotatable bonds is 2. The fourth-order valence-electron chi connectivity index (χ4n) is 1.43. The van der Waals surface area contributed by atoms with E-state index in [-0.39, 0.29) is 0 Å². The van der Waals surface area contributed by atoms with E-state index in [1.807, 2.05) is 12.3 Å². The van der Waals surface area contributed by atoms with Crippen molar-refractivity contribution in [2.24, 2.45) is 0 Å². The number of aromatic nitrogens is 1. The molecule has 0 saturated carbocycles. The molecule has 0 unspecified atom stereocenters. The van der Waals surface area contributed by atoms with Crippen molar-refractivity contribution < 1.29 is 5.11 Å². The Morgan fingerprint density at radius 2 is 1.75 bits per heavy atom. The standard InChI is InChI=1S/C9H12NO.C4H9.Sn/c1-7-4-5-10-8(6-7)9(2,3)11;1-4(2)3;/h5-6,11H,1-3H3;1-3H3;. The quantitative estimate of drug-likeness (QED) is 0.845. The van der Waals surface area contributed by atoms with Gasteiger partial charge >= 0.3 is 109 Å². The predicted molar refractivity (Wildman–Crippen MR) is 69.3 cm³/mol. The van der Waals surface area contributed by atoms with E-state index < -0.39 is 26.7 Å². The van der Waals surface area contributed by atoms with E-state index in [4.69, 9.17) is 0 Å². The summed E-state index contributed by atoms with van der Waals surface area (Å²) in [5, 5.41) is 9.89. The second-order valence-electron chi connectivity index (χ2n) is 5.82. The molecule has 2 nitrogen and oxygen atoms in total. The number of pyridine rings is 1. The number of aliphatic hydroxyl groups is 1. The molecule has 1 N–H and O–H groups in total. The normalized spacial score (nSPS) is 12.9. The monoisotopic (exact) mass is 327 g/mol. The molecule has 0 aliphatic rings.